The Morgan fingerprint density at radius 3 is 2.16 bits per heavy atom. The van der Waals surface area contributed by atoms with Gasteiger partial charge < -0.3 is 20.1 Å². The van der Waals surface area contributed by atoms with Gasteiger partial charge in [-0.3, -0.25) is 9.59 Å². The Bertz CT molecular complexity index is 1080. The summed E-state index contributed by atoms with van der Waals surface area (Å²) in [7, 11) is 1.55. The predicted octanol–water partition coefficient (Wildman–Crippen LogP) is 4.38. The quantitative estimate of drug-likeness (QED) is 0.571. The summed E-state index contributed by atoms with van der Waals surface area (Å²) < 4.78 is 10.8. The molecule has 1 fully saturated rings. The maximum absolute atomic E-state index is 12.9. The SMILES string of the molecule is COc1ccccc1OCC(=O)Nc1cccc(NC(=O)C2(c3ccccc3)CC2)c1. The lowest BCUT2D eigenvalue weighted by Crippen LogP contribution is -2.27. The molecule has 0 radical (unpaired) electrons. The van der Waals surface area contributed by atoms with Gasteiger partial charge in [-0.2, -0.15) is 0 Å². The number of methoxy groups -OCH3 is 1. The van der Waals surface area contributed by atoms with Crippen molar-refractivity contribution in [1.29, 1.82) is 0 Å². The van der Waals surface area contributed by atoms with Gasteiger partial charge in [0.2, 0.25) is 5.91 Å². The van der Waals surface area contributed by atoms with Crippen LogP contribution in [0.4, 0.5) is 11.4 Å². The lowest BCUT2D eigenvalue weighted by Gasteiger charge is -2.16. The summed E-state index contributed by atoms with van der Waals surface area (Å²) in [6, 6.07) is 24.1. The molecular formula is C25H24N2O4. The van der Waals surface area contributed by atoms with Crippen molar-refractivity contribution < 1.29 is 19.1 Å². The molecule has 3 aromatic rings. The van der Waals surface area contributed by atoms with Gasteiger partial charge in [0, 0.05) is 11.4 Å². The highest BCUT2D eigenvalue weighted by atomic mass is 16.5. The van der Waals surface area contributed by atoms with E-state index in [0.717, 1.165) is 18.4 Å². The van der Waals surface area contributed by atoms with Crippen molar-refractivity contribution in [2.75, 3.05) is 24.4 Å². The zero-order valence-electron chi connectivity index (χ0n) is 17.3. The predicted molar refractivity (Wildman–Crippen MR) is 120 cm³/mol. The molecule has 0 atom stereocenters. The Labute approximate surface area is 181 Å². The molecule has 2 amide bonds. The number of carbonyl (C=O) groups excluding carboxylic acids is 2. The summed E-state index contributed by atoms with van der Waals surface area (Å²) in [6.45, 7) is -0.159. The molecular weight excluding hydrogens is 392 g/mol. The van der Waals surface area contributed by atoms with Crippen LogP contribution >= 0.6 is 0 Å². The van der Waals surface area contributed by atoms with Crippen molar-refractivity contribution in [2.24, 2.45) is 0 Å². The smallest absolute Gasteiger partial charge is 0.262 e. The summed E-state index contributed by atoms with van der Waals surface area (Å²) >= 11 is 0. The fourth-order valence-electron chi connectivity index (χ4n) is 3.53. The van der Waals surface area contributed by atoms with E-state index >= 15 is 0 Å². The topological polar surface area (TPSA) is 76.7 Å². The van der Waals surface area contributed by atoms with Crippen molar-refractivity contribution in [2.45, 2.75) is 18.3 Å². The van der Waals surface area contributed by atoms with E-state index in [1.165, 1.54) is 0 Å². The van der Waals surface area contributed by atoms with Crippen molar-refractivity contribution in [3.05, 3.63) is 84.4 Å². The average Bonchev–Trinajstić information content (AvgIpc) is 3.61. The standard InChI is InChI=1S/C25H24N2O4/c1-30-21-12-5-6-13-22(21)31-17-23(28)26-19-10-7-11-20(16-19)27-24(29)25(14-15-25)18-8-3-2-4-9-18/h2-13,16H,14-15,17H2,1H3,(H,26,28)(H,27,29). The van der Waals surface area contributed by atoms with Crippen LogP contribution < -0.4 is 20.1 Å². The molecule has 2 N–H and O–H groups in total. The Morgan fingerprint density at radius 1 is 0.839 bits per heavy atom. The van der Waals surface area contributed by atoms with Crippen LogP contribution in [-0.4, -0.2) is 25.5 Å². The van der Waals surface area contributed by atoms with Gasteiger partial charge in [0.05, 0.1) is 12.5 Å². The van der Waals surface area contributed by atoms with Crippen LogP contribution in [0.3, 0.4) is 0 Å². The number of rotatable bonds is 8. The molecule has 3 aromatic carbocycles. The first-order valence-electron chi connectivity index (χ1n) is 10.1. The second kappa shape index (κ2) is 8.92. The average molecular weight is 416 g/mol. The van der Waals surface area contributed by atoms with Gasteiger partial charge in [-0.1, -0.05) is 48.5 Å². The van der Waals surface area contributed by atoms with E-state index in [4.69, 9.17) is 9.47 Å². The second-order valence-corrected chi connectivity index (χ2v) is 7.47. The van der Waals surface area contributed by atoms with Gasteiger partial charge in [0.15, 0.2) is 18.1 Å². The minimum atomic E-state index is -0.455. The Morgan fingerprint density at radius 2 is 1.48 bits per heavy atom. The Hall–Kier alpha value is -3.80. The van der Waals surface area contributed by atoms with Crippen LogP contribution in [0.15, 0.2) is 78.9 Å². The number of benzene rings is 3. The third kappa shape index (κ3) is 4.69. The van der Waals surface area contributed by atoms with Crippen LogP contribution in [0.1, 0.15) is 18.4 Å². The second-order valence-electron chi connectivity index (χ2n) is 7.47. The fourth-order valence-corrected chi connectivity index (χ4v) is 3.53. The van der Waals surface area contributed by atoms with Crippen LogP contribution in [0, 0.1) is 0 Å². The number of amides is 2. The monoisotopic (exact) mass is 416 g/mol. The molecule has 1 aliphatic carbocycles. The van der Waals surface area contributed by atoms with E-state index in [2.05, 4.69) is 10.6 Å². The molecule has 0 heterocycles. The molecule has 31 heavy (non-hydrogen) atoms. The Balaban J connectivity index is 1.36. The molecule has 0 unspecified atom stereocenters. The first-order chi connectivity index (χ1) is 15.1. The summed E-state index contributed by atoms with van der Waals surface area (Å²) in [4.78, 5) is 25.2. The molecule has 0 bridgehead atoms. The highest BCUT2D eigenvalue weighted by molar-refractivity contribution is 6.02. The van der Waals surface area contributed by atoms with E-state index in [0.29, 0.717) is 22.9 Å². The zero-order valence-corrected chi connectivity index (χ0v) is 17.3. The normalized spacial score (nSPS) is 13.7. The van der Waals surface area contributed by atoms with Crippen LogP contribution in [-0.2, 0) is 15.0 Å². The van der Waals surface area contributed by atoms with Crippen LogP contribution in [0.2, 0.25) is 0 Å². The molecule has 158 valence electrons. The van der Waals surface area contributed by atoms with Crippen molar-refractivity contribution in [3.63, 3.8) is 0 Å². The number of hydrogen-bond acceptors (Lipinski definition) is 4. The lowest BCUT2D eigenvalue weighted by molar-refractivity contribution is -0.119. The number of ether oxygens (including phenoxy) is 2. The fraction of sp³-hybridized carbons (Fsp3) is 0.200. The van der Waals surface area contributed by atoms with Crippen molar-refractivity contribution in [1.82, 2.24) is 0 Å². The van der Waals surface area contributed by atoms with E-state index in [9.17, 15) is 9.59 Å². The van der Waals surface area contributed by atoms with Gasteiger partial charge in [-0.25, -0.2) is 0 Å². The third-order valence-electron chi connectivity index (χ3n) is 5.34. The largest absolute Gasteiger partial charge is 0.493 e. The van der Waals surface area contributed by atoms with Crippen LogP contribution in [0.25, 0.3) is 0 Å². The number of nitrogens with one attached hydrogen (secondary N) is 2. The maximum atomic E-state index is 12.9. The van der Waals surface area contributed by atoms with Gasteiger partial charge in [-0.15, -0.1) is 0 Å². The van der Waals surface area contributed by atoms with E-state index in [-0.39, 0.29) is 18.4 Å². The molecule has 1 saturated carbocycles. The molecule has 0 spiro atoms. The van der Waals surface area contributed by atoms with Gasteiger partial charge >= 0.3 is 0 Å². The number of para-hydroxylation sites is 2. The molecule has 0 aromatic heterocycles. The van der Waals surface area contributed by atoms with E-state index in [1.54, 1.807) is 43.5 Å². The van der Waals surface area contributed by atoms with E-state index < -0.39 is 5.41 Å². The lowest BCUT2D eigenvalue weighted by atomic mass is 9.95. The first-order valence-corrected chi connectivity index (χ1v) is 10.1. The molecule has 0 aliphatic heterocycles. The maximum Gasteiger partial charge on any atom is 0.262 e. The van der Waals surface area contributed by atoms with Crippen LogP contribution in [0.5, 0.6) is 11.5 Å². The summed E-state index contributed by atoms with van der Waals surface area (Å²) in [6.07, 6.45) is 1.67. The number of carbonyl (C=O) groups is 2. The van der Waals surface area contributed by atoms with Gasteiger partial charge in [0.1, 0.15) is 0 Å². The third-order valence-corrected chi connectivity index (χ3v) is 5.34. The minimum absolute atomic E-state index is 0.0262. The Kier molecular flexibility index (Phi) is 5.89. The van der Waals surface area contributed by atoms with E-state index in [1.807, 2.05) is 42.5 Å². The molecule has 0 saturated heterocycles. The highest BCUT2D eigenvalue weighted by Gasteiger charge is 2.51. The van der Waals surface area contributed by atoms with Gasteiger partial charge in [-0.05, 0) is 48.7 Å². The molecule has 6 nitrogen and oxygen atoms in total. The summed E-state index contributed by atoms with van der Waals surface area (Å²) in [5.41, 5.74) is 1.79. The van der Waals surface area contributed by atoms with Crippen molar-refractivity contribution >= 4 is 23.2 Å². The van der Waals surface area contributed by atoms with Gasteiger partial charge in [0.25, 0.3) is 5.91 Å². The zero-order chi connectivity index (χ0) is 21.7. The first kappa shape index (κ1) is 20.5. The number of anilines is 2. The summed E-state index contributed by atoms with van der Waals surface area (Å²) in [5, 5.41) is 5.79. The highest BCUT2D eigenvalue weighted by Crippen LogP contribution is 2.48. The molecule has 1 aliphatic rings. The minimum Gasteiger partial charge on any atom is -0.493 e. The molecule has 4 rings (SSSR count). The summed E-state index contributed by atoms with van der Waals surface area (Å²) in [5.74, 6) is 0.725. The molecule has 6 heteroatoms. The van der Waals surface area contributed by atoms with Crippen molar-refractivity contribution in [3.8, 4) is 11.5 Å². The number of hydrogen-bond donors (Lipinski definition) is 2.